The quantitative estimate of drug-likeness (QED) is 0.729. The zero-order chi connectivity index (χ0) is 17.5. The number of carboxylic acid groups (broad SMARTS) is 1. The van der Waals surface area contributed by atoms with Gasteiger partial charge in [0.05, 0.1) is 6.54 Å². The number of hydrogen-bond donors (Lipinski definition) is 2. The minimum Gasteiger partial charge on any atom is -0.480 e. The van der Waals surface area contributed by atoms with Crippen molar-refractivity contribution in [1.82, 2.24) is 9.62 Å². The summed E-state index contributed by atoms with van der Waals surface area (Å²) in [6.07, 6.45) is 3.72. The van der Waals surface area contributed by atoms with Crippen LogP contribution in [0.4, 0.5) is 0 Å². The number of sulfonamides is 1. The van der Waals surface area contributed by atoms with E-state index in [9.17, 15) is 13.2 Å². The van der Waals surface area contributed by atoms with Gasteiger partial charge in [0, 0.05) is 23.5 Å². The van der Waals surface area contributed by atoms with Crippen LogP contribution in [-0.4, -0.2) is 49.6 Å². The Bertz CT molecular complexity index is 699. The predicted molar refractivity (Wildman–Crippen MR) is 92.9 cm³/mol. The molecule has 0 unspecified atom stereocenters. The van der Waals surface area contributed by atoms with E-state index in [-0.39, 0.29) is 18.6 Å². The molecule has 1 aromatic rings. The molecular formula is C16H24N2O4S2. The highest BCUT2D eigenvalue weighted by Crippen LogP contribution is 2.34. The van der Waals surface area contributed by atoms with Gasteiger partial charge in [-0.25, -0.2) is 13.1 Å². The van der Waals surface area contributed by atoms with Gasteiger partial charge in [0.1, 0.15) is 4.21 Å². The summed E-state index contributed by atoms with van der Waals surface area (Å²) in [6.45, 7) is 4.69. The second kappa shape index (κ2) is 6.74. The Labute approximate surface area is 146 Å². The number of hydrogen-bond acceptors (Lipinski definition) is 5. The molecule has 134 valence electrons. The standard InChI is InChI=1S/C16H24N2O4S2/c1-10-5-16(23-11(10)2)24(21,22)17-13-6-14(7-13)18(9-15(19)20)8-12-3-4-12/h5,12-14,17H,3-4,6-9H2,1-2H3,(H,19,20). The fourth-order valence-corrected chi connectivity index (χ4v) is 5.87. The molecule has 0 aromatic carbocycles. The zero-order valence-electron chi connectivity index (χ0n) is 14.0. The number of rotatable bonds is 8. The molecule has 2 N–H and O–H groups in total. The van der Waals surface area contributed by atoms with Gasteiger partial charge in [-0.3, -0.25) is 9.69 Å². The summed E-state index contributed by atoms with van der Waals surface area (Å²) in [4.78, 5) is 14.1. The van der Waals surface area contributed by atoms with Crippen LogP contribution >= 0.6 is 11.3 Å². The first-order valence-corrected chi connectivity index (χ1v) is 10.6. The van der Waals surface area contributed by atoms with E-state index < -0.39 is 16.0 Å². The fourth-order valence-electron chi connectivity index (χ4n) is 3.08. The normalized spacial score (nSPS) is 24.1. The zero-order valence-corrected chi connectivity index (χ0v) is 15.6. The van der Waals surface area contributed by atoms with E-state index in [1.165, 1.54) is 24.2 Å². The van der Waals surface area contributed by atoms with Gasteiger partial charge in [-0.05, 0) is 57.1 Å². The summed E-state index contributed by atoms with van der Waals surface area (Å²) < 4.78 is 28.0. The third-order valence-electron chi connectivity index (χ3n) is 4.89. The van der Waals surface area contributed by atoms with Crippen LogP contribution < -0.4 is 4.72 Å². The summed E-state index contributed by atoms with van der Waals surface area (Å²) in [7, 11) is -3.47. The van der Waals surface area contributed by atoms with Gasteiger partial charge in [0.2, 0.25) is 10.0 Å². The number of aryl methyl sites for hydroxylation is 2. The van der Waals surface area contributed by atoms with E-state index in [4.69, 9.17) is 5.11 Å². The molecule has 0 saturated heterocycles. The maximum atomic E-state index is 12.4. The molecule has 2 saturated carbocycles. The number of aliphatic carboxylic acids is 1. The highest BCUT2D eigenvalue weighted by atomic mass is 32.2. The number of carbonyl (C=O) groups is 1. The lowest BCUT2D eigenvalue weighted by Crippen LogP contribution is -2.55. The summed E-state index contributed by atoms with van der Waals surface area (Å²) in [5.74, 6) is -0.193. The topological polar surface area (TPSA) is 86.7 Å². The van der Waals surface area contributed by atoms with Crippen LogP contribution in [0.5, 0.6) is 0 Å². The van der Waals surface area contributed by atoms with Crippen molar-refractivity contribution in [2.75, 3.05) is 13.1 Å². The molecule has 0 spiro atoms. The molecule has 0 amide bonds. The molecule has 8 heteroatoms. The van der Waals surface area contributed by atoms with Crippen molar-refractivity contribution >= 4 is 27.3 Å². The van der Waals surface area contributed by atoms with Gasteiger partial charge >= 0.3 is 5.97 Å². The lowest BCUT2D eigenvalue weighted by Gasteiger charge is -2.42. The van der Waals surface area contributed by atoms with E-state index in [1.54, 1.807) is 6.07 Å². The lowest BCUT2D eigenvalue weighted by atomic mass is 9.86. The van der Waals surface area contributed by atoms with Crippen molar-refractivity contribution in [2.24, 2.45) is 5.92 Å². The Morgan fingerprint density at radius 2 is 2.04 bits per heavy atom. The first-order chi connectivity index (χ1) is 11.2. The van der Waals surface area contributed by atoms with Gasteiger partial charge in [-0.1, -0.05) is 0 Å². The van der Waals surface area contributed by atoms with Gasteiger partial charge < -0.3 is 5.11 Å². The maximum absolute atomic E-state index is 12.4. The van der Waals surface area contributed by atoms with Crippen molar-refractivity contribution in [3.05, 3.63) is 16.5 Å². The Hall–Kier alpha value is -0.960. The van der Waals surface area contributed by atoms with E-state index in [2.05, 4.69) is 4.72 Å². The van der Waals surface area contributed by atoms with Gasteiger partial charge in [-0.2, -0.15) is 0 Å². The fraction of sp³-hybridized carbons (Fsp3) is 0.688. The molecule has 2 aliphatic carbocycles. The van der Waals surface area contributed by atoms with Crippen molar-refractivity contribution in [3.8, 4) is 0 Å². The molecule has 2 aliphatic rings. The first-order valence-electron chi connectivity index (χ1n) is 8.30. The molecular weight excluding hydrogens is 348 g/mol. The van der Waals surface area contributed by atoms with Crippen LogP contribution in [0, 0.1) is 19.8 Å². The van der Waals surface area contributed by atoms with Gasteiger partial charge in [0.15, 0.2) is 0 Å². The van der Waals surface area contributed by atoms with Gasteiger partial charge in [0.25, 0.3) is 0 Å². The average Bonchev–Trinajstić information content (AvgIpc) is 3.17. The third kappa shape index (κ3) is 4.17. The molecule has 1 aromatic heterocycles. The largest absolute Gasteiger partial charge is 0.480 e. The molecule has 0 bridgehead atoms. The number of nitrogens with one attached hydrogen (secondary N) is 1. The molecule has 2 fully saturated rings. The molecule has 3 rings (SSSR count). The second-order valence-electron chi connectivity index (χ2n) is 7.01. The number of thiophene rings is 1. The first kappa shape index (κ1) is 17.8. The molecule has 0 radical (unpaired) electrons. The highest BCUT2D eigenvalue weighted by molar-refractivity contribution is 7.91. The molecule has 6 nitrogen and oxygen atoms in total. The minimum atomic E-state index is -3.47. The minimum absolute atomic E-state index is 0.0456. The summed E-state index contributed by atoms with van der Waals surface area (Å²) in [6, 6.07) is 1.78. The Morgan fingerprint density at radius 1 is 1.38 bits per heavy atom. The SMILES string of the molecule is Cc1cc(S(=O)(=O)NC2CC(N(CC(=O)O)CC3CC3)C2)sc1C. The molecule has 0 atom stereocenters. The number of nitrogens with zero attached hydrogens (tertiary/aromatic N) is 1. The monoisotopic (exact) mass is 372 g/mol. The van der Waals surface area contributed by atoms with Crippen LogP contribution in [0.25, 0.3) is 0 Å². The maximum Gasteiger partial charge on any atom is 0.317 e. The van der Waals surface area contributed by atoms with Crippen molar-refractivity contribution in [1.29, 1.82) is 0 Å². The molecule has 1 heterocycles. The highest BCUT2D eigenvalue weighted by Gasteiger charge is 2.39. The molecule has 24 heavy (non-hydrogen) atoms. The van der Waals surface area contributed by atoms with Crippen LogP contribution in [0.15, 0.2) is 10.3 Å². The average molecular weight is 373 g/mol. The van der Waals surface area contributed by atoms with Crippen molar-refractivity contribution in [2.45, 2.75) is 55.8 Å². The van der Waals surface area contributed by atoms with Gasteiger partial charge in [-0.15, -0.1) is 11.3 Å². The van der Waals surface area contributed by atoms with E-state index in [1.807, 2.05) is 18.7 Å². The van der Waals surface area contributed by atoms with E-state index in [0.29, 0.717) is 23.0 Å². The lowest BCUT2D eigenvalue weighted by molar-refractivity contribution is -0.139. The predicted octanol–water partition coefficient (Wildman–Crippen LogP) is 1.97. The smallest absolute Gasteiger partial charge is 0.317 e. The summed E-state index contributed by atoms with van der Waals surface area (Å²) in [5, 5.41) is 9.06. The Balaban J connectivity index is 1.56. The molecule has 0 aliphatic heterocycles. The van der Waals surface area contributed by atoms with Crippen LogP contribution in [0.2, 0.25) is 0 Å². The summed E-state index contributed by atoms with van der Waals surface area (Å²) >= 11 is 1.29. The van der Waals surface area contributed by atoms with Crippen molar-refractivity contribution in [3.63, 3.8) is 0 Å². The number of carboxylic acids is 1. The van der Waals surface area contributed by atoms with E-state index in [0.717, 1.165) is 17.0 Å². The Kier molecular flexibility index (Phi) is 5.01. The Morgan fingerprint density at radius 3 is 2.54 bits per heavy atom. The summed E-state index contributed by atoms with van der Waals surface area (Å²) in [5.41, 5.74) is 0.990. The van der Waals surface area contributed by atoms with Crippen LogP contribution in [0.1, 0.15) is 36.1 Å². The second-order valence-corrected chi connectivity index (χ2v) is 10.2. The van der Waals surface area contributed by atoms with E-state index >= 15 is 0 Å². The van der Waals surface area contributed by atoms with Crippen molar-refractivity contribution < 1.29 is 18.3 Å². The van der Waals surface area contributed by atoms with Crippen LogP contribution in [0.3, 0.4) is 0 Å². The van der Waals surface area contributed by atoms with Crippen LogP contribution in [-0.2, 0) is 14.8 Å². The third-order valence-corrected chi connectivity index (χ3v) is 8.03.